The van der Waals surface area contributed by atoms with Gasteiger partial charge in [-0.05, 0) is 49.4 Å². The number of nitro benzene ring substituents is 1. The van der Waals surface area contributed by atoms with Crippen molar-refractivity contribution in [3.05, 3.63) is 87.7 Å². The molecule has 2 aliphatic heterocycles. The van der Waals surface area contributed by atoms with Gasteiger partial charge >= 0.3 is 278 Å². The van der Waals surface area contributed by atoms with Crippen molar-refractivity contribution in [2.24, 2.45) is 22.2 Å². The zero-order chi connectivity index (χ0) is 42.6. The standard InChI is InChI=1S/C33H38F3N5O2.C12H15N2O3.Sn/c1-30(2)7-5-22(26(15-30)31-18-32(19-31,20-31)33(34,35)36)17-40-9-11-41(12-10-40)23-3-4-25(28(37)42)27(14-23)43-24-13-21-6-8-38-29(21)39-16-24;15-14(16)12-4-2-1-3-11(12)13-9-10-5-7-17-8-6-10;/h3-4,6,8,13-14,16H,5,7,9-12,15,17-20H2,1-2H3,(H3,37,38,39,42);1,3-4,10,13H,5-9H2;/q;;+1/p-1. The van der Waals surface area contributed by atoms with Gasteiger partial charge in [-0.15, -0.1) is 0 Å². The summed E-state index contributed by atoms with van der Waals surface area (Å²) in [7, 11) is 0. The van der Waals surface area contributed by atoms with Gasteiger partial charge in [0.2, 0.25) is 0 Å². The fourth-order valence-electron chi connectivity index (χ4n) is 10.3. The van der Waals surface area contributed by atoms with Crippen LogP contribution in [0.1, 0.15) is 75.6 Å². The molecule has 2 aromatic heterocycles. The Morgan fingerprint density at radius 3 is 2.57 bits per heavy atom. The van der Waals surface area contributed by atoms with Crippen molar-refractivity contribution in [3.8, 4) is 11.5 Å². The number of anilines is 2. The molecule has 4 aliphatic carbocycles. The Labute approximate surface area is 363 Å². The minimum atomic E-state index is -4.11. The van der Waals surface area contributed by atoms with E-state index in [0.29, 0.717) is 48.4 Å². The van der Waals surface area contributed by atoms with Gasteiger partial charge in [-0.1, -0.05) is 19.4 Å². The number of pyridine rings is 1. The summed E-state index contributed by atoms with van der Waals surface area (Å²) < 4.78 is 57.2. The topological polar surface area (TPSA) is 138 Å². The number of piperazine rings is 1. The summed E-state index contributed by atoms with van der Waals surface area (Å²) in [6.07, 6.45) is 4.78. The molecule has 4 heterocycles. The van der Waals surface area contributed by atoms with Gasteiger partial charge in [0.05, 0.1) is 5.41 Å². The third-order valence-electron chi connectivity index (χ3n) is 13.9. The number of ether oxygens (including phenoxy) is 2. The first-order valence-electron chi connectivity index (χ1n) is 21.4. The molecule has 6 aliphatic rings. The van der Waals surface area contributed by atoms with Crippen molar-refractivity contribution in [1.29, 1.82) is 0 Å². The van der Waals surface area contributed by atoms with E-state index in [1.807, 2.05) is 30.3 Å². The minimum absolute atomic E-state index is 0.00544. The Morgan fingerprint density at radius 1 is 1.07 bits per heavy atom. The number of benzene rings is 2. The number of carbonyl (C=O) groups excluding carboxylic acids is 1. The van der Waals surface area contributed by atoms with Gasteiger partial charge in [-0.3, -0.25) is 0 Å². The van der Waals surface area contributed by atoms with Crippen molar-refractivity contribution >= 4 is 59.0 Å². The Kier molecular flexibility index (Phi) is 11.3. The molecule has 0 unspecified atom stereocenters. The number of nitrogens with one attached hydrogen (secondary N) is 3. The van der Waals surface area contributed by atoms with Crippen molar-refractivity contribution < 1.29 is 32.4 Å². The number of aromatic nitrogens is 2. The molecular formula is C45H52F3N7O5Sn. The molecule has 2 radical (unpaired) electrons. The Morgan fingerprint density at radius 2 is 1.84 bits per heavy atom. The summed E-state index contributed by atoms with van der Waals surface area (Å²) in [5, 5.41) is 16.2. The SMILES string of the molecule is CC1(C)CCC(CN2CCN(c3ccc(C(=O)[NH][Sn][c]4ccc(NCC5CCOCC5)c([N+](=O)[O-])c4)c(Oc4cnc5[nH]ccc5c4)c3)CC2)=C(C23CC(C(F)(F)F)(C2)C3)C1. The zero-order valence-corrected chi connectivity index (χ0v) is 37.5. The van der Waals surface area contributed by atoms with Crippen LogP contribution in [0.5, 0.6) is 11.5 Å². The molecule has 61 heavy (non-hydrogen) atoms. The Bertz CT molecular complexity index is 2330. The number of allylic oxidation sites excluding steroid dienone is 1. The maximum Gasteiger partial charge on any atom is 0.394 e. The van der Waals surface area contributed by atoms with Crippen LogP contribution in [-0.4, -0.2) is 106 Å². The number of alkyl halides is 3. The Balaban J connectivity index is 0.886. The number of nitrogens with zero attached hydrogens (tertiary/aromatic N) is 4. The average molecular weight is 947 g/mol. The van der Waals surface area contributed by atoms with E-state index in [1.165, 1.54) is 11.1 Å². The van der Waals surface area contributed by atoms with Crippen LogP contribution in [0.3, 0.4) is 0 Å². The van der Waals surface area contributed by atoms with Crippen LogP contribution in [0, 0.1) is 32.3 Å². The number of hydrogen-bond donors (Lipinski definition) is 3. The maximum atomic E-state index is 13.9. The smallest absolute Gasteiger partial charge is 0.171 e. The number of halogens is 3. The summed E-state index contributed by atoms with van der Waals surface area (Å²) in [6, 6.07) is 14.5. The first-order chi connectivity index (χ1) is 29.2. The number of fused-ring (bicyclic) bond motifs is 1. The number of rotatable bonds is 13. The van der Waals surface area contributed by atoms with E-state index in [9.17, 15) is 28.1 Å². The second kappa shape index (κ2) is 16.4. The van der Waals surface area contributed by atoms with Gasteiger partial charge in [0.1, 0.15) is 0 Å². The van der Waals surface area contributed by atoms with Gasteiger partial charge in [-0.25, -0.2) is 0 Å². The molecule has 0 atom stereocenters. The third kappa shape index (κ3) is 8.58. The predicted molar refractivity (Wildman–Crippen MR) is 229 cm³/mol. The molecule has 10 rings (SSSR count). The number of nitro groups is 1. The van der Waals surface area contributed by atoms with E-state index in [-0.39, 0.29) is 46.6 Å². The van der Waals surface area contributed by atoms with Crippen LogP contribution in [0.2, 0.25) is 0 Å². The van der Waals surface area contributed by atoms with Crippen LogP contribution in [0.4, 0.5) is 30.2 Å². The number of aromatic amines is 1. The maximum absolute atomic E-state index is 13.9. The average Bonchev–Trinajstić information content (AvgIpc) is 3.67. The molecule has 2 bridgehead atoms. The van der Waals surface area contributed by atoms with Crippen LogP contribution >= 0.6 is 0 Å². The van der Waals surface area contributed by atoms with Gasteiger partial charge in [0.15, 0.2) is 0 Å². The normalized spacial score (nSPS) is 24.2. The zero-order valence-electron chi connectivity index (χ0n) is 34.6. The summed E-state index contributed by atoms with van der Waals surface area (Å²) in [6.45, 7) is 10.4. The van der Waals surface area contributed by atoms with Crippen LogP contribution in [0.25, 0.3) is 11.0 Å². The first kappa shape index (κ1) is 42.0. The number of carbonyl (C=O) groups is 1. The summed E-state index contributed by atoms with van der Waals surface area (Å²) in [4.78, 5) is 37.9. The van der Waals surface area contributed by atoms with Crippen molar-refractivity contribution in [3.63, 3.8) is 0 Å². The minimum Gasteiger partial charge on any atom is -0.171 e. The second-order valence-electron chi connectivity index (χ2n) is 18.6. The van der Waals surface area contributed by atoms with E-state index in [0.717, 1.165) is 85.1 Å². The number of H-pyrrole nitrogens is 1. The molecule has 4 aromatic rings. The van der Waals surface area contributed by atoms with Gasteiger partial charge in [0, 0.05) is 0 Å². The summed E-state index contributed by atoms with van der Waals surface area (Å²) in [5.74, 6) is 0.934. The molecule has 16 heteroatoms. The second-order valence-corrected chi connectivity index (χ2v) is 21.7. The van der Waals surface area contributed by atoms with E-state index in [4.69, 9.17) is 9.47 Å². The van der Waals surface area contributed by atoms with E-state index in [1.54, 1.807) is 30.6 Å². The van der Waals surface area contributed by atoms with Gasteiger partial charge < -0.3 is 0 Å². The molecule has 3 N–H and O–H groups in total. The number of amides is 1. The Hall–Kier alpha value is -4.35. The largest absolute Gasteiger partial charge is 0.394 e. The third-order valence-corrected chi connectivity index (χ3v) is 16.6. The van der Waals surface area contributed by atoms with Crippen molar-refractivity contribution in [2.75, 3.05) is 62.7 Å². The van der Waals surface area contributed by atoms with Crippen LogP contribution < -0.4 is 22.1 Å². The van der Waals surface area contributed by atoms with Crippen molar-refractivity contribution in [1.82, 2.24) is 18.4 Å². The summed E-state index contributed by atoms with van der Waals surface area (Å²) in [5.41, 5.74) is 3.50. The van der Waals surface area contributed by atoms with Gasteiger partial charge in [-0.2, -0.15) is 13.2 Å². The fraction of sp³-hybridized carbons (Fsp3) is 0.511. The molecule has 5 fully saturated rings. The van der Waals surface area contributed by atoms with E-state index >= 15 is 0 Å². The molecule has 2 saturated heterocycles. The molecular weight excluding hydrogens is 894 g/mol. The van der Waals surface area contributed by atoms with Gasteiger partial charge in [0.25, 0.3) is 0 Å². The van der Waals surface area contributed by atoms with E-state index in [2.05, 4.69) is 42.5 Å². The molecule has 3 saturated carbocycles. The first-order valence-corrected chi connectivity index (χ1v) is 24.2. The molecule has 12 nitrogen and oxygen atoms in total. The van der Waals surface area contributed by atoms with Crippen LogP contribution in [-0.2, 0) is 4.74 Å². The number of hydrogen-bond acceptors (Lipinski definition) is 9. The monoisotopic (exact) mass is 947 g/mol. The van der Waals surface area contributed by atoms with Crippen molar-refractivity contribution in [2.45, 2.75) is 71.4 Å². The molecule has 0 spiro atoms. The van der Waals surface area contributed by atoms with Crippen LogP contribution in [0.15, 0.2) is 72.1 Å². The summed E-state index contributed by atoms with van der Waals surface area (Å²) >= 11 is -1.82. The fourth-order valence-corrected chi connectivity index (χ4v) is 12.5. The predicted octanol–water partition coefficient (Wildman–Crippen LogP) is 8.14. The molecule has 2 aromatic carbocycles. The molecule has 1 amide bonds. The molecule has 322 valence electrons. The van der Waals surface area contributed by atoms with E-state index < -0.39 is 33.0 Å². The quantitative estimate of drug-likeness (QED) is 0.0525.